The molecule has 1 saturated heterocycles. The lowest BCUT2D eigenvalue weighted by Gasteiger charge is -2.31. The Morgan fingerprint density at radius 1 is 1.21 bits per heavy atom. The van der Waals surface area contributed by atoms with Crippen LogP contribution in [0.15, 0.2) is 24.5 Å². The van der Waals surface area contributed by atoms with Crippen molar-refractivity contribution in [3.8, 4) is 11.3 Å². The maximum atomic E-state index is 11.9. The fraction of sp³-hybridized carbons (Fsp3) is 0.450. The van der Waals surface area contributed by atoms with Gasteiger partial charge in [-0.05, 0) is 45.7 Å². The number of esters is 1. The number of hydrogen-bond acceptors (Lipinski definition) is 7. The minimum absolute atomic E-state index is 0.0953. The second-order valence-electron chi connectivity index (χ2n) is 7.04. The molecule has 1 aliphatic heterocycles. The molecule has 0 unspecified atom stereocenters. The van der Waals surface area contributed by atoms with Gasteiger partial charge in [0.2, 0.25) is 5.82 Å². The van der Waals surface area contributed by atoms with E-state index in [9.17, 15) is 14.9 Å². The minimum Gasteiger partial charge on any atom is -0.466 e. The minimum atomic E-state index is -0.417. The van der Waals surface area contributed by atoms with E-state index in [1.807, 2.05) is 36.9 Å². The highest BCUT2D eigenvalue weighted by molar-refractivity contribution is 5.78. The first-order valence-corrected chi connectivity index (χ1v) is 9.40. The molecule has 148 valence electrons. The molecule has 0 radical (unpaired) electrons. The molecule has 1 aromatic carbocycles. The summed E-state index contributed by atoms with van der Waals surface area (Å²) in [6.45, 7) is 7.05. The molecule has 0 saturated carbocycles. The van der Waals surface area contributed by atoms with Crippen LogP contribution in [0.4, 0.5) is 11.5 Å². The van der Waals surface area contributed by atoms with Gasteiger partial charge >= 0.3 is 11.7 Å². The molecule has 0 N–H and O–H groups in total. The smallest absolute Gasteiger partial charge is 0.337 e. The first kappa shape index (κ1) is 19.7. The molecule has 8 nitrogen and oxygen atoms in total. The molecule has 0 atom stereocenters. The highest BCUT2D eigenvalue weighted by Gasteiger charge is 2.32. The molecule has 1 fully saturated rings. The standard InChI is InChI=1S/C20H24N4O4/c1-4-28-20(25)15-5-7-23(8-6-15)19-18(24(26)27)17(21-12-22-19)16-10-13(2)9-14(3)11-16/h9-12,15H,4-8H2,1-3H3. The van der Waals surface area contributed by atoms with Crippen LogP contribution < -0.4 is 4.90 Å². The average Bonchev–Trinajstić information content (AvgIpc) is 2.67. The molecule has 1 aliphatic rings. The van der Waals surface area contributed by atoms with Gasteiger partial charge in [-0.15, -0.1) is 0 Å². The number of nitro groups is 1. The van der Waals surface area contributed by atoms with Crippen molar-refractivity contribution in [2.24, 2.45) is 5.92 Å². The highest BCUT2D eigenvalue weighted by atomic mass is 16.6. The third kappa shape index (κ3) is 4.11. The second-order valence-corrected chi connectivity index (χ2v) is 7.04. The fourth-order valence-corrected chi connectivity index (χ4v) is 3.68. The number of aryl methyl sites for hydroxylation is 2. The Hall–Kier alpha value is -3.03. The van der Waals surface area contributed by atoms with Crippen molar-refractivity contribution in [1.82, 2.24) is 9.97 Å². The number of nitrogens with zero attached hydrogens (tertiary/aromatic N) is 4. The van der Waals surface area contributed by atoms with Crippen LogP contribution in [0, 0.1) is 29.9 Å². The molecule has 28 heavy (non-hydrogen) atoms. The predicted molar refractivity (Wildman–Crippen MR) is 105 cm³/mol. The van der Waals surface area contributed by atoms with Crippen LogP contribution in [0.3, 0.4) is 0 Å². The maximum absolute atomic E-state index is 11.9. The number of aromatic nitrogens is 2. The summed E-state index contributed by atoms with van der Waals surface area (Å²) in [7, 11) is 0. The van der Waals surface area contributed by atoms with Gasteiger partial charge in [0, 0.05) is 18.7 Å². The van der Waals surface area contributed by atoms with E-state index in [2.05, 4.69) is 9.97 Å². The fourth-order valence-electron chi connectivity index (χ4n) is 3.68. The van der Waals surface area contributed by atoms with E-state index in [-0.39, 0.29) is 17.6 Å². The van der Waals surface area contributed by atoms with Gasteiger partial charge < -0.3 is 9.64 Å². The Labute approximate surface area is 163 Å². The van der Waals surface area contributed by atoms with E-state index in [1.54, 1.807) is 6.92 Å². The van der Waals surface area contributed by atoms with E-state index in [0.29, 0.717) is 49.6 Å². The van der Waals surface area contributed by atoms with Gasteiger partial charge in [-0.2, -0.15) is 0 Å². The zero-order valence-corrected chi connectivity index (χ0v) is 16.3. The summed E-state index contributed by atoms with van der Waals surface area (Å²) in [4.78, 5) is 33.7. The summed E-state index contributed by atoms with van der Waals surface area (Å²) in [5.74, 6) is -0.0669. The Bertz CT molecular complexity index is 872. The third-order valence-corrected chi connectivity index (χ3v) is 4.90. The van der Waals surface area contributed by atoms with E-state index in [1.165, 1.54) is 6.33 Å². The molecule has 2 heterocycles. The zero-order chi connectivity index (χ0) is 20.3. The first-order chi connectivity index (χ1) is 13.4. The summed E-state index contributed by atoms with van der Waals surface area (Å²) in [6, 6.07) is 5.79. The summed E-state index contributed by atoms with van der Waals surface area (Å²) < 4.78 is 5.09. The van der Waals surface area contributed by atoms with E-state index in [4.69, 9.17) is 4.74 Å². The van der Waals surface area contributed by atoms with Gasteiger partial charge in [0.15, 0.2) is 5.69 Å². The number of benzene rings is 1. The molecule has 8 heteroatoms. The highest BCUT2D eigenvalue weighted by Crippen LogP contribution is 2.37. The zero-order valence-electron chi connectivity index (χ0n) is 16.3. The van der Waals surface area contributed by atoms with Gasteiger partial charge in [-0.3, -0.25) is 14.9 Å². The summed E-state index contributed by atoms with van der Waals surface area (Å²) >= 11 is 0. The van der Waals surface area contributed by atoms with Crippen LogP contribution in [0.1, 0.15) is 30.9 Å². The largest absolute Gasteiger partial charge is 0.466 e. The van der Waals surface area contributed by atoms with Gasteiger partial charge in [0.05, 0.1) is 17.4 Å². The van der Waals surface area contributed by atoms with Gasteiger partial charge in [0.1, 0.15) is 6.33 Å². The van der Waals surface area contributed by atoms with Gasteiger partial charge in [-0.1, -0.05) is 17.2 Å². The topological polar surface area (TPSA) is 98.5 Å². The second kappa shape index (κ2) is 8.33. The maximum Gasteiger partial charge on any atom is 0.337 e. The normalized spacial score (nSPS) is 14.8. The molecule has 2 aromatic rings. The number of ether oxygens (including phenoxy) is 1. The van der Waals surface area contributed by atoms with Crippen LogP contribution >= 0.6 is 0 Å². The van der Waals surface area contributed by atoms with Crippen molar-refractivity contribution < 1.29 is 14.5 Å². The van der Waals surface area contributed by atoms with Crippen molar-refractivity contribution in [1.29, 1.82) is 0 Å². The number of hydrogen-bond donors (Lipinski definition) is 0. The molecular formula is C20H24N4O4. The third-order valence-electron chi connectivity index (χ3n) is 4.90. The summed E-state index contributed by atoms with van der Waals surface area (Å²) in [5.41, 5.74) is 2.95. The van der Waals surface area contributed by atoms with Crippen molar-refractivity contribution in [2.45, 2.75) is 33.6 Å². The molecule has 0 amide bonds. The Morgan fingerprint density at radius 2 is 1.86 bits per heavy atom. The molecule has 0 spiro atoms. The number of rotatable bonds is 5. The van der Waals surface area contributed by atoms with Crippen molar-refractivity contribution in [3.63, 3.8) is 0 Å². The molecular weight excluding hydrogens is 360 g/mol. The SMILES string of the molecule is CCOC(=O)C1CCN(c2ncnc(-c3cc(C)cc(C)c3)c2[N+](=O)[O-])CC1. The quantitative estimate of drug-likeness (QED) is 0.442. The molecule has 0 aliphatic carbocycles. The molecule has 0 bridgehead atoms. The van der Waals surface area contributed by atoms with Gasteiger partial charge in [0.25, 0.3) is 0 Å². The monoisotopic (exact) mass is 384 g/mol. The number of carbonyl (C=O) groups excluding carboxylic acids is 1. The van der Waals surface area contributed by atoms with Crippen molar-refractivity contribution >= 4 is 17.5 Å². The lowest BCUT2D eigenvalue weighted by Crippen LogP contribution is -2.37. The number of anilines is 1. The number of carbonyl (C=O) groups is 1. The van der Waals surface area contributed by atoms with Gasteiger partial charge in [-0.25, -0.2) is 9.97 Å². The van der Waals surface area contributed by atoms with E-state index in [0.717, 1.165) is 11.1 Å². The predicted octanol–water partition coefficient (Wildman–Crippen LogP) is 3.45. The van der Waals surface area contributed by atoms with Crippen molar-refractivity contribution in [3.05, 3.63) is 45.8 Å². The van der Waals surface area contributed by atoms with Crippen LogP contribution in [0.5, 0.6) is 0 Å². The van der Waals surface area contributed by atoms with Crippen LogP contribution in [0.2, 0.25) is 0 Å². The average molecular weight is 384 g/mol. The lowest BCUT2D eigenvalue weighted by molar-refractivity contribution is -0.383. The van der Waals surface area contributed by atoms with E-state index >= 15 is 0 Å². The summed E-state index contributed by atoms with van der Waals surface area (Å²) in [5, 5.41) is 11.9. The van der Waals surface area contributed by atoms with Crippen LogP contribution in [-0.2, 0) is 9.53 Å². The first-order valence-electron chi connectivity index (χ1n) is 9.40. The van der Waals surface area contributed by atoms with Crippen molar-refractivity contribution in [2.75, 3.05) is 24.6 Å². The summed E-state index contributed by atoms with van der Waals surface area (Å²) in [6.07, 6.45) is 2.53. The van der Waals surface area contributed by atoms with Crippen LogP contribution in [-0.4, -0.2) is 40.6 Å². The Balaban J connectivity index is 1.93. The Kier molecular flexibility index (Phi) is 5.87. The molecule has 1 aromatic heterocycles. The Morgan fingerprint density at radius 3 is 2.43 bits per heavy atom. The van der Waals surface area contributed by atoms with Crippen LogP contribution in [0.25, 0.3) is 11.3 Å². The lowest BCUT2D eigenvalue weighted by atomic mass is 9.96. The number of piperidine rings is 1. The van der Waals surface area contributed by atoms with E-state index < -0.39 is 4.92 Å². The molecule has 3 rings (SSSR count).